The number of amides is 1. The van der Waals surface area contributed by atoms with Gasteiger partial charge >= 0.3 is 0 Å². The van der Waals surface area contributed by atoms with Gasteiger partial charge in [-0.25, -0.2) is 0 Å². The van der Waals surface area contributed by atoms with Crippen molar-refractivity contribution in [3.8, 4) is 0 Å². The average molecular weight is 285 g/mol. The van der Waals surface area contributed by atoms with Gasteiger partial charge in [0.1, 0.15) is 0 Å². The van der Waals surface area contributed by atoms with E-state index in [1.165, 1.54) is 0 Å². The van der Waals surface area contributed by atoms with Crippen molar-refractivity contribution in [2.75, 3.05) is 32.8 Å². The minimum Gasteiger partial charge on any atom is -0.378 e. The highest BCUT2D eigenvalue weighted by Crippen LogP contribution is 2.13. The van der Waals surface area contributed by atoms with Crippen LogP contribution in [0.5, 0.6) is 0 Å². The van der Waals surface area contributed by atoms with Crippen molar-refractivity contribution in [1.82, 2.24) is 10.2 Å². The predicted molar refractivity (Wildman–Crippen MR) is 81.5 cm³/mol. The van der Waals surface area contributed by atoms with Crippen LogP contribution in [0.1, 0.15) is 40.0 Å². The van der Waals surface area contributed by atoms with E-state index in [-0.39, 0.29) is 11.9 Å². The number of piperidine rings is 1. The van der Waals surface area contributed by atoms with Crippen molar-refractivity contribution < 1.29 is 9.53 Å². The van der Waals surface area contributed by atoms with Crippen LogP contribution >= 0.6 is 0 Å². The lowest BCUT2D eigenvalue weighted by Gasteiger charge is -2.31. The van der Waals surface area contributed by atoms with Gasteiger partial charge in [-0.05, 0) is 38.6 Å². The van der Waals surface area contributed by atoms with Crippen molar-refractivity contribution in [3.05, 3.63) is 0 Å². The second-order valence-electron chi connectivity index (χ2n) is 6.09. The molecule has 0 spiro atoms. The maximum absolute atomic E-state index is 11.9. The fraction of sp³-hybridized carbons (Fsp3) is 0.933. The number of rotatable bonds is 8. The Kier molecular flexibility index (Phi) is 8.11. The molecule has 0 aromatic rings. The number of hydrogen-bond acceptors (Lipinski definition) is 4. The highest BCUT2D eigenvalue weighted by atomic mass is 16.5. The van der Waals surface area contributed by atoms with E-state index in [4.69, 9.17) is 10.5 Å². The summed E-state index contributed by atoms with van der Waals surface area (Å²) < 4.78 is 5.77. The Morgan fingerprint density at radius 2 is 2.00 bits per heavy atom. The van der Waals surface area contributed by atoms with E-state index < -0.39 is 0 Å². The summed E-state index contributed by atoms with van der Waals surface area (Å²) in [5.74, 6) is 0.606. The van der Waals surface area contributed by atoms with Crippen LogP contribution in [0.25, 0.3) is 0 Å². The summed E-state index contributed by atoms with van der Waals surface area (Å²) in [6.07, 6.45) is 3.29. The molecule has 1 rings (SSSR count). The van der Waals surface area contributed by atoms with E-state index in [1.807, 2.05) is 0 Å². The van der Waals surface area contributed by atoms with Crippen LogP contribution in [-0.2, 0) is 9.53 Å². The molecule has 1 atom stereocenters. The summed E-state index contributed by atoms with van der Waals surface area (Å²) in [7, 11) is 0. The molecule has 1 unspecified atom stereocenters. The van der Waals surface area contributed by atoms with Gasteiger partial charge in [0.15, 0.2) is 0 Å². The number of carbonyl (C=O) groups is 1. The van der Waals surface area contributed by atoms with Crippen LogP contribution < -0.4 is 11.1 Å². The van der Waals surface area contributed by atoms with Crippen molar-refractivity contribution in [1.29, 1.82) is 0 Å². The molecule has 0 aliphatic carbocycles. The van der Waals surface area contributed by atoms with Crippen LogP contribution in [0, 0.1) is 5.92 Å². The Morgan fingerprint density at radius 1 is 1.35 bits per heavy atom. The molecule has 1 fully saturated rings. The minimum atomic E-state index is 0.133. The molecule has 20 heavy (non-hydrogen) atoms. The largest absolute Gasteiger partial charge is 0.378 e. The van der Waals surface area contributed by atoms with Gasteiger partial charge in [0.25, 0.3) is 0 Å². The lowest BCUT2D eigenvalue weighted by molar-refractivity contribution is -0.123. The number of likely N-dealkylation sites (tertiary alicyclic amines) is 1. The number of nitrogens with zero attached hydrogens (tertiary/aromatic N) is 1. The highest BCUT2D eigenvalue weighted by molar-refractivity contribution is 5.78. The molecule has 1 amide bonds. The van der Waals surface area contributed by atoms with E-state index >= 15 is 0 Å². The highest BCUT2D eigenvalue weighted by Gasteiger charge is 2.21. The number of nitrogens with one attached hydrogen (secondary N) is 1. The van der Waals surface area contributed by atoms with Gasteiger partial charge in [-0.15, -0.1) is 0 Å². The molecular formula is C15H31N3O2. The lowest BCUT2D eigenvalue weighted by Crippen LogP contribution is -2.46. The quantitative estimate of drug-likeness (QED) is 0.652. The Labute approximate surface area is 123 Å². The molecule has 5 heteroatoms. The minimum absolute atomic E-state index is 0.133. The number of ether oxygens (including phenoxy) is 1. The zero-order valence-electron chi connectivity index (χ0n) is 13.2. The van der Waals surface area contributed by atoms with Crippen molar-refractivity contribution >= 4 is 5.91 Å². The monoisotopic (exact) mass is 285 g/mol. The van der Waals surface area contributed by atoms with Gasteiger partial charge in [-0.3, -0.25) is 9.69 Å². The normalized spacial score (nSPS) is 19.2. The second-order valence-corrected chi connectivity index (χ2v) is 6.09. The Balaban J connectivity index is 2.17. The SMILES string of the molecule is CC(C)C(C)NC(=O)CN1CCC(OCCCN)CC1. The molecular weight excluding hydrogens is 254 g/mol. The Morgan fingerprint density at radius 3 is 2.55 bits per heavy atom. The van der Waals surface area contributed by atoms with Gasteiger partial charge in [0.05, 0.1) is 12.6 Å². The molecule has 0 aromatic heterocycles. The van der Waals surface area contributed by atoms with Crippen LogP contribution in [0.15, 0.2) is 0 Å². The third-order valence-electron chi connectivity index (χ3n) is 3.99. The Hall–Kier alpha value is -0.650. The predicted octanol–water partition coefficient (Wildman–Crippen LogP) is 0.977. The van der Waals surface area contributed by atoms with E-state index in [0.717, 1.165) is 39.0 Å². The first-order chi connectivity index (χ1) is 9.52. The van der Waals surface area contributed by atoms with E-state index in [2.05, 4.69) is 31.0 Å². The molecule has 0 saturated carbocycles. The maximum atomic E-state index is 11.9. The number of nitrogens with two attached hydrogens (primary N) is 1. The molecule has 5 nitrogen and oxygen atoms in total. The fourth-order valence-corrected chi connectivity index (χ4v) is 2.24. The van der Waals surface area contributed by atoms with Crippen LogP contribution in [-0.4, -0.2) is 55.7 Å². The zero-order valence-corrected chi connectivity index (χ0v) is 13.2. The van der Waals surface area contributed by atoms with Crippen molar-refractivity contribution in [2.24, 2.45) is 11.7 Å². The van der Waals surface area contributed by atoms with Gasteiger partial charge in [-0.1, -0.05) is 13.8 Å². The number of hydrogen-bond donors (Lipinski definition) is 2. The van der Waals surface area contributed by atoms with Crippen LogP contribution in [0.2, 0.25) is 0 Å². The van der Waals surface area contributed by atoms with Crippen molar-refractivity contribution in [2.45, 2.75) is 52.2 Å². The van der Waals surface area contributed by atoms with E-state index in [9.17, 15) is 4.79 Å². The smallest absolute Gasteiger partial charge is 0.234 e. The fourth-order valence-electron chi connectivity index (χ4n) is 2.24. The average Bonchev–Trinajstić information content (AvgIpc) is 2.40. The van der Waals surface area contributed by atoms with E-state index in [0.29, 0.717) is 25.1 Å². The van der Waals surface area contributed by atoms with Gasteiger partial charge in [-0.2, -0.15) is 0 Å². The summed E-state index contributed by atoms with van der Waals surface area (Å²) in [6.45, 7) is 10.1. The second kappa shape index (κ2) is 9.32. The topological polar surface area (TPSA) is 67.6 Å². The van der Waals surface area contributed by atoms with Crippen LogP contribution in [0.3, 0.4) is 0 Å². The zero-order chi connectivity index (χ0) is 15.0. The summed E-state index contributed by atoms with van der Waals surface area (Å²) in [6, 6.07) is 0.236. The van der Waals surface area contributed by atoms with E-state index in [1.54, 1.807) is 0 Å². The van der Waals surface area contributed by atoms with Crippen LogP contribution in [0.4, 0.5) is 0 Å². The summed E-state index contributed by atoms with van der Waals surface area (Å²) in [4.78, 5) is 14.1. The molecule has 1 aliphatic heterocycles. The van der Waals surface area contributed by atoms with Gasteiger partial charge in [0, 0.05) is 25.7 Å². The summed E-state index contributed by atoms with van der Waals surface area (Å²) in [5.41, 5.74) is 5.45. The lowest BCUT2D eigenvalue weighted by atomic mass is 10.1. The summed E-state index contributed by atoms with van der Waals surface area (Å²) >= 11 is 0. The molecule has 1 aliphatic rings. The molecule has 3 N–H and O–H groups in total. The first-order valence-corrected chi connectivity index (χ1v) is 7.86. The molecule has 118 valence electrons. The molecule has 1 heterocycles. The molecule has 1 saturated heterocycles. The van der Waals surface area contributed by atoms with Gasteiger partial charge in [0.2, 0.25) is 5.91 Å². The van der Waals surface area contributed by atoms with Gasteiger partial charge < -0.3 is 15.8 Å². The first-order valence-electron chi connectivity index (χ1n) is 7.86. The molecule has 0 radical (unpaired) electrons. The first kappa shape index (κ1) is 17.4. The van der Waals surface area contributed by atoms with Crippen molar-refractivity contribution in [3.63, 3.8) is 0 Å². The maximum Gasteiger partial charge on any atom is 0.234 e. The molecule has 0 bridgehead atoms. The summed E-state index contributed by atoms with van der Waals surface area (Å²) in [5, 5.41) is 3.05. The Bertz CT molecular complexity index is 276. The standard InChI is InChI=1S/C15H31N3O2/c1-12(2)13(3)17-15(19)11-18-8-5-14(6-9-18)20-10-4-7-16/h12-14H,4-11,16H2,1-3H3,(H,17,19). The molecule has 0 aromatic carbocycles. The number of carbonyl (C=O) groups excluding carboxylic acids is 1. The third kappa shape index (κ3) is 6.68. The third-order valence-corrected chi connectivity index (χ3v) is 3.99.